The van der Waals surface area contributed by atoms with Gasteiger partial charge in [0.2, 0.25) is 0 Å². The van der Waals surface area contributed by atoms with Gasteiger partial charge >= 0.3 is 0 Å². The minimum Gasteiger partial charge on any atom is -0.409 e. The zero-order valence-electron chi connectivity index (χ0n) is 18.5. The van der Waals surface area contributed by atoms with E-state index in [1.165, 1.54) is 12.1 Å². The van der Waals surface area contributed by atoms with Gasteiger partial charge in [0, 0.05) is 24.2 Å². The lowest BCUT2D eigenvalue weighted by molar-refractivity contribution is 0.143. The maximum atomic E-state index is 13.8. The molecule has 1 heterocycles. The summed E-state index contributed by atoms with van der Waals surface area (Å²) in [5, 5.41) is 4.40. The number of nitrogens with zero attached hydrogens (tertiary/aromatic N) is 1. The third kappa shape index (κ3) is 6.65. The van der Waals surface area contributed by atoms with Crippen molar-refractivity contribution in [3.8, 4) is 0 Å². The summed E-state index contributed by atoms with van der Waals surface area (Å²) in [7, 11) is -1.89. The molecule has 2 rings (SSSR count). The van der Waals surface area contributed by atoms with Crippen LogP contribution in [0.3, 0.4) is 0 Å². The monoisotopic (exact) mass is 462 g/mol. The fourth-order valence-corrected chi connectivity index (χ4v) is 7.77. The Balaban J connectivity index is 2.18. The highest BCUT2D eigenvalue weighted by Gasteiger charge is 2.34. The number of hydrogen-bond acceptors (Lipinski definition) is 3. The summed E-state index contributed by atoms with van der Waals surface area (Å²) in [4.78, 5) is 2.52. The number of benzene rings is 1. The van der Waals surface area contributed by atoms with E-state index in [-0.39, 0.29) is 6.10 Å². The highest BCUT2D eigenvalue weighted by Crippen LogP contribution is 2.37. The molecule has 29 heavy (non-hydrogen) atoms. The van der Waals surface area contributed by atoms with Crippen molar-refractivity contribution >= 4 is 31.5 Å². The second-order valence-corrected chi connectivity index (χ2v) is 14.0. The predicted molar refractivity (Wildman–Crippen MR) is 125 cm³/mol. The number of nitrogens with one attached hydrogen (secondary N) is 1. The maximum Gasteiger partial charge on any atom is 0.192 e. The molecule has 1 N–H and O–H groups in total. The molecular weight excluding hydrogens is 426 g/mol. The van der Waals surface area contributed by atoms with Gasteiger partial charge in [-0.3, -0.25) is 0 Å². The molecule has 7 heteroatoms. The fraction of sp³-hybridized carbons (Fsp3) is 0.727. The second-order valence-electron chi connectivity index (χ2n) is 8.45. The van der Waals surface area contributed by atoms with Gasteiger partial charge in [-0.05, 0) is 70.0 Å². The largest absolute Gasteiger partial charge is 0.409 e. The summed E-state index contributed by atoms with van der Waals surface area (Å²) in [6, 6.07) is 6.85. The lowest BCUT2D eigenvalue weighted by atomic mass is 10.0. The van der Waals surface area contributed by atoms with Crippen LogP contribution in [0.4, 0.5) is 4.39 Å². The molecule has 1 fully saturated rings. The van der Waals surface area contributed by atoms with Crippen LogP contribution in [-0.2, 0) is 4.43 Å². The van der Waals surface area contributed by atoms with Crippen LogP contribution >= 0.6 is 23.2 Å². The lowest BCUT2D eigenvalue weighted by Gasteiger charge is -2.37. The molecule has 166 valence electrons. The molecular formula is C22H37Cl2FN2OSi. The molecule has 0 amide bonds. The van der Waals surface area contributed by atoms with Gasteiger partial charge < -0.3 is 14.6 Å². The Morgan fingerprint density at radius 2 is 1.62 bits per heavy atom. The summed E-state index contributed by atoms with van der Waals surface area (Å²) >= 11 is 12.9. The van der Waals surface area contributed by atoms with Crippen LogP contribution in [-0.4, -0.2) is 44.9 Å². The second kappa shape index (κ2) is 11.4. The van der Waals surface area contributed by atoms with Crippen LogP contribution in [0, 0.1) is 5.82 Å². The average molecular weight is 464 g/mol. The molecule has 1 aromatic rings. The van der Waals surface area contributed by atoms with E-state index >= 15 is 0 Å². The highest BCUT2D eigenvalue weighted by atomic mass is 35.5. The first kappa shape index (κ1) is 25.1. The Bertz CT molecular complexity index is 618. The first-order chi connectivity index (χ1) is 13.7. The molecule has 1 aromatic carbocycles. The van der Waals surface area contributed by atoms with E-state index in [4.69, 9.17) is 27.6 Å². The van der Waals surface area contributed by atoms with E-state index in [1.807, 2.05) is 0 Å². The van der Waals surface area contributed by atoms with Gasteiger partial charge in [0.15, 0.2) is 8.32 Å². The van der Waals surface area contributed by atoms with Crippen molar-refractivity contribution in [3.63, 3.8) is 0 Å². The smallest absolute Gasteiger partial charge is 0.192 e. The Kier molecular flexibility index (Phi) is 9.90. The summed E-state index contributed by atoms with van der Waals surface area (Å²) < 4.78 is 20.6. The summed E-state index contributed by atoms with van der Waals surface area (Å²) in [5.74, 6) is -0.415. The minimum atomic E-state index is -1.89. The predicted octanol–water partition coefficient (Wildman–Crippen LogP) is 6.66. The number of likely N-dealkylation sites (tertiary alicyclic amines) is 1. The summed E-state index contributed by atoms with van der Waals surface area (Å²) in [6.07, 6.45) is 1.98. The molecule has 3 nitrogen and oxygen atoms in total. The lowest BCUT2D eigenvalue weighted by Crippen LogP contribution is -2.47. The molecule has 0 aliphatic carbocycles. The Labute approximate surface area is 187 Å². The Morgan fingerprint density at radius 1 is 1.10 bits per heavy atom. The zero-order valence-corrected chi connectivity index (χ0v) is 21.0. The average Bonchev–Trinajstić information content (AvgIpc) is 2.69. The molecule has 0 saturated carbocycles. The van der Waals surface area contributed by atoms with Crippen molar-refractivity contribution < 1.29 is 8.82 Å². The quantitative estimate of drug-likeness (QED) is 0.393. The number of halogens is 3. The van der Waals surface area contributed by atoms with Gasteiger partial charge in [0.05, 0.1) is 16.1 Å². The first-order valence-electron chi connectivity index (χ1n) is 11.0. The van der Waals surface area contributed by atoms with E-state index in [0.29, 0.717) is 34.2 Å². The van der Waals surface area contributed by atoms with Crippen LogP contribution in [0.5, 0.6) is 0 Å². The van der Waals surface area contributed by atoms with Crippen molar-refractivity contribution in [2.75, 3.05) is 19.6 Å². The molecule has 1 unspecified atom stereocenters. The van der Waals surface area contributed by atoms with Crippen molar-refractivity contribution in [2.45, 2.75) is 83.8 Å². The normalized spacial score (nSPS) is 17.8. The summed E-state index contributed by atoms with van der Waals surface area (Å²) in [6.45, 7) is 14.0. The van der Waals surface area contributed by atoms with E-state index in [2.05, 4.69) is 44.8 Å². The van der Waals surface area contributed by atoms with Crippen molar-refractivity contribution in [2.24, 2.45) is 0 Å². The van der Waals surface area contributed by atoms with Gasteiger partial charge in [-0.2, -0.15) is 0 Å². The third-order valence-electron chi connectivity index (χ3n) is 6.54. The van der Waals surface area contributed by atoms with Crippen molar-refractivity contribution in [3.05, 3.63) is 33.6 Å². The number of rotatable bonds is 10. The topological polar surface area (TPSA) is 24.5 Å². The van der Waals surface area contributed by atoms with Crippen LogP contribution in [0.25, 0.3) is 0 Å². The maximum absolute atomic E-state index is 13.8. The molecule has 1 saturated heterocycles. The molecule has 0 spiro atoms. The molecule has 0 aromatic heterocycles. The van der Waals surface area contributed by atoms with Gasteiger partial charge in [-0.1, -0.05) is 44.0 Å². The molecule has 1 aliphatic heterocycles. The Hall–Kier alpha value is -0.173. The van der Waals surface area contributed by atoms with E-state index in [0.717, 1.165) is 44.1 Å². The molecule has 0 radical (unpaired) electrons. The SMILES string of the molecule is CC[Si](CC)(CC)OC(CNC1CCN(C(C)C)CC1)c1c(Cl)cc(F)cc1Cl. The standard InChI is InChI=1S/C22H37Cl2FN2OSi/c1-6-29(7-2,8-3)28-21(22-19(23)13-17(25)14-20(22)24)15-26-18-9-11-27(12-10-18)16(4)5/h13-14,16,18,21,26H,6-12,15H2,1-5H3. The van der Waals surface area contributed by atoms with Crippen LogP contribution in [0.15, 0.2) is 12.1 Å². The zero-order chi connectivity index (χ0) is 21.6. The van der Waals surface area contributed by atoms with Crippen molar-refractivity contribution in [1.29, 1.82) is 0 Å². The van der Waals surface area contributed by atoms with Crippen LogP contribution in [0.1, 0.15) is 59.1 Å². The van der Waals surface area contributed by atoms with E-state index in [1.54, 1.807) is 0 Å². The number of piperidine rings is 1. The molecule has 0 bridgehead atoms. The van der Waals surface area contributed by atoms with Crippen molar-refractivity contribution in [1.82, 2.24) is 10.2 Å². The fourth-order valence-electron chi connectivity index (χ4n) is 4.26. The van der Waals surface area contributed by atoms with E-state index in [9.17, 15) is 4.39 Å². The van der Waals surface area contributed by atoms with Gasteiger partial charge in [-0.15, -0.1) is 0 Å². The first-order valence-corrected chi connectivity index (χ1v) is 14.3. The molecule has 1 atom stereocenters. The Morgan fingerprint density at radius 3 is 2.07 bits per heavy atom. The van der Waals surface area contributed by atoms with Gasteiger partial charge in [0.1, 0.15) is 5.82 Å². The van der Waals surface area contributed by atoms with E-state index < -0.39 is 14.1 Å². The number of hydrogen-bond donors (Lipinski definition) is 1. The van der Waals surface area contributed by atoms with Gasteiger partial charge in [0.25, 0.3) is 0 Å². The summed E-state index contributed by atoms with van der Waals surface area (Å²) in [5.41, 5.74) is 0.717. The minimum absolute atomic E-state index is 0.259. The van der Waals surface area contributed by atoms with Crippen LogP contribution < -0.4 is 5.32 Å². The van der Waals surface area contributed by atoms with Gasteiger partial charge in [-0.25, -0.2) is 4.39 Å². The molecule has 1 aliphatic rings. The third-order valence-corrected chi connectivity index (χ3v) is 11.8. The van der Waals surface area contributed by atoms with Crippen LogP contribution in [0.2, 0.25) is 28.2 Å². The highest BCUT2D eigenvalue weighted by molar-refractivity contribution is 6.73.